The fraction of sp³-hybridized carbons (Fsp3) is 0.350. The van der Waals surface area contributed by atoms with E-state index in [1.165, 1.54) is 23.1 Å². The zero-order valence-electron chi connectivity index (χ0n) is 17.0. The normalized spacial score (nSPS) is 14.0. The second kappa shape index (κ2) is 9.92. The molecule has 2 aromatic heterocycles. The first-order valence-electron chi connectivity index (χ1n) is 9.83. The van der Waals surface area contributed by atoms with Crippen LogP contribution in [0.5, 0.6) is 0 Å². The summed E-state index contributed by atoms with van der Waals surface area (Å²) in [5, 5.41) is 15.7. The Labute approximate surface area is 187 Å². The zero-order chi connectivity index (χ0) is 21.6. The Morgan fingerprint density at radius 2 is 1.94 bits per heavy atom. The average molecular weight is 459 g/mol. The standard InChI is InChI=1S/C20H22N6O3S2/c1-14-11-16(24-29-14)21-17(27)13-30-20-23-22-19(31-20)26-9-7-25(8-10-26)18(28)12-15-5-3-2-4-6-15/h2-6,11H,7-10,12-13H2,1H3,(H,21,24,27). The van der Waals surface area contributed by atoms with Crippen LogP contribution in [0.3, 0.4) is 0 Å². The molecule has 0 radical (unpaired) electrons. The van der Waals surface area contributed by atoms with E-state index in [-0.39, 0.29) is 17.6 Å². The predicted molar refractivity (Wildman–Crippen MR) is 119 cm³/mol. The van der Waals surface area contributed by atoms with Gasteiger partial charge in [0.1, 0.15) is 5.76 Å². The van der Waals surface area contributed by atoms with Gasteiger partial charge in [-0.1, -0.05) is 58.6 Å². The molecule has 3 heterocycles. The highest BCUT2D eigenvalue weighted by molar-refractivity contribution is 8.01. The van der Waals surface area contributed by atoms with Gasteiger partial charge in [-0.15, -0.1) is 10.2 Å². The number of piperazine rings is 1. The van der Waals surface area contributed by atoms with Crippen molar-refractivity contribution in [3.8, 4) is 0 Å². The minimum absolute atomic E-state index is 0.146. The number of anilines is 2. The van der Waals surface area contributed by atoms with E-state index in [9.17, 15) is 9.59 Å². The van der Waals surface area contributed by atoms with Crippen LogP contribution < -0.4 is 10.2 Å². The van der Waals surface area contributed by atoms with Crippen molar-refractivity contribution in [2.75, 3.05) is 42.1 Å². The lowest BCUT2D eigenvalue weighted by molar-refractivity contribution is -0.130. The van der Waals surface area contributed by atoms with E-state index in [0.29, 0.717) is 44.2 Å². The molecule has 9 nitrogen and oxygen atoms in total. The number of aryl methyl sites for hydroxylation is 1. The lowest BCUT2D eigenvalue weighted by atomic mass is 10.1. The Morgan fingerprint density at radius 1 is 1.16 bits per heavy atom. The Kier molecular flexibility index (Phi) is 6.82. The van der Waals surface area contributed by atoms with Gasteiger partial charge < -0.3 is 19.6 Å². The van der Waals surface area contributed by atoms with Crippen LogP contribution in [-0.4, -0.2) is 64.0 Å². The molecule has 1 fully saturated rings. The number of rotatable bonds is 7. The van der Waals surface area contributed by atoms with Crippen molar-refractivity contribution in [2.24, 2.45) is 0 Å². The molecule has 1 aliphatic heterocycles. The number of amides is 2. The van der Waals surface area contributed by atoms with Crippen molar-refractivity contribution in [3.05, 3.63) is 47.7 Å². The van der Waals surface area contributed by atoms with Crippen molar-refractivity contribution < 1.29 is 14.1 Å². The van der Waals surface area contributed by atoms with Crippen LogP contribution in [-0.2, 0) is 16.0 Å². The molecule has 1 saturated heterocycles. The van der Waals surface area contributed by atoms with Crippen molar-refractivity contribution in [1.82, 2.24) is 20.3 Å². The Bertz CT molecular complexity index is 1030. The topological polar surface area (TPSA) is 104 Å². The molecule has 0 aliphatic carbocycles. The SMILES string of the molecule is Cc1cc(NC(=O)CSc2nnc(N3CCN(C(=O)Cc4ccccc4)CC3)s2)no1. The smallest absolute Gasteiger partial charge is 0.236 e. The molecule has 0 spiro atoms. The van der Waals surface area contributed by atoms with Crippen molar-refractivity contribution in [2.45, 2.75) is 17.7 Å². The van der Waals surface area contributed by atoms with Gasteiger partial charge in [0.25, 0.3) is 0 Å². The van der Waals surface area contributed by atoms with E-state index in [0.717, 1.165) is 15.0 Å². The van der Waals surface area contributed by atoms with Crippen LogP contribution in [0.15, 0.2) is 45.3 Å². The minimum atomic E-state index is -0.180. The number of aromatic nitrogens is 3. The molecular weight excluding hydrogens is 436 g/mol. The van der Waals surface area contributed by atoms with E-state index >= 15 is 0 Å². The zero-order valence-corrected chi connectivity index (χ0v) is 18.6. The highest BCUT2D eigenvalue weighted by Gasteiger charge is 2.23. The van der Waals surface area contributed by atoms with Crippen LogP contribution in [0.1, 0.15) is 11.3 Å². The van der Waals surface area contributed by atoms with Crippen molar-refractivity contribution in [3.63, 3.8) is 0 Å². The molecule has 0 bridgehead atoms. The molecule has 162 valence electrons. The van der Waals surface area contributed by atoms with Gasteiger partial charge in [0.15, 0.2) is 10.2 Å². The maximum Gasteiger partial charge on any atom is 0.236 e. The van der Waals surface area contributed by atoms with Gasteiger partial charge in [-0.3, -0.25) is 9.59 Å². The van der Waals surface area contributed by atoms with Gasteiger partial charge in [0, 0.05) is 32.2 Å². The Hall–Kier alpha value is -2.92. The van der Waals surface area contributed by atoms with Crippen LogP contribution in [0.25, 0.3) is 0 Å². The summed E-state index contributed by atoms with van der Waals surface area (Å²) < 4.78 is 5.65. The lowest BCUT2D eigenvalue weighted by Crippen LogP contribution is -2.49. The summed E-state index contributed by atoms with van der Waals surface area (Å²) in [5.74, 6) is 1.22. The molecule has 0 atom stereocenters. The fourth-order valence-electron chi connectivity index (χ4n) is 3.15. The van der Waals surface area contributed by atoms with Crippen molar-refractivity contribution >= 4 is 45.9 Å². The summed E-state index contributed by atoms with van der Waals surface area (Å²) >= 11 is 2.78. The molecule has 2 amide bonds. The summed E-state index contributed by atoms with van der Waals surface area (Å²) in [7, 11) is 0. The maximum atomic E-state index is 12.5. The van der Waals surface area contributed by atoms with Gasteiger partial charge in [-0.05, 0) is 12.5 Å². The third-order valence-corrected chi connectivity index (χ3v) is 6.84. The van der Waals surface area contributed by atoms with Gasteiger partial charge >= 0.3 is 0 Å². The van der Waals surface area contributed by atoms with E-state index in [4.69, 9.17) is 4.52 Å². The molecule has 4 rings (SSSR count). The Balaban J connectivity index is 1.22. The van der Waals surface area contributed by atoms with Crippen LogP contribution >= 0.6 is 23.1 Å². The number of hydrogen-bond donors (Lipinski definition) is 1. The molecule has 1 aromatic carbocycles. The van der Waals surface area contributed by atoms with Gasteiger partial charge in [-0.2, -0.15) is 0 Å². The van der Waals surface area contributed by atoms with Gasteiger partial charge in [0.05, 0.1) is 12.2 Å². The molecule has 0 saturated carbocycles. The van der Waals surface area contributed by atoms with Crippen LogP contribution in [0.4, 0.5) is 10.9 Å². The molecule has 0 unspecified atom stereocenters. The maximum absolute atomic E-state index is 12.5. The third kappa shape index (κ3) is 5.82. The molecule has 31 heavy (non-hydrogen) atoms. The van der Waals surface area contributed by atoms with E-state index in [1.807, 2.05) is 35.2 Å². The van der Waals surface area contributed by atoms with Crippen LogP contribution in [0.2, 0.25) is 0 Å². The number of hydrogen-bond acceptors (Lipinski definition) is 9. The Morgan fingerprint density at radius 3 is 2.65 bits per heavy atom. The summed E-state index contributed by atoms with van der Waals surface area (Å²) in [4.78, 5) is 28.6. The minimum Gasteiger partial charge on any atom is -0.360 e. The summed E-state index contributed by atoms with van der Waals surface area (Å²) in [6.07, 6.45) is 0.427. The summed E-state index contributed by atoms with van der Waals surface area (Å²) in [6, 6.07) is 11.5. The molecule has 3 aromatic rings. The van der Waals surface area contributed by atoms with E-state index in [2.05, 4.69) is 25.6 Å². The monoisotopic (exact) mass is 458 g/mol. The molecule has 11 heteroatoms. The largest absolute Gasteiger partial charge is 0.360 e. The number of carbonyl (C=O) groups excluding carboxylic acids is 2. The first-order chi connectivity index (χ1) is 15.1. The molecule has 1 aliphatic rings. The first-order valence-corrected chi connectivity index (χ1v) is 11.6. The summed E-state index contributed by atoms with van der Waals surface area (Å²) in [5.41, 5.74) is 1.03. The average Bonchev–Trinajstić information content (AvgIpc) is 3.42. The molecular formula is C20H22N6O3S2. The predicted octanol–water partition coefficient (Wildman–Crippen LogP) is 2.46. The van der Waals surface area contributed by atoms with E-state index in [1.54, 1.807) is 13.0 Å². The second-order valence-electron chi connectivity index (χ2n) is 7.04. The van der Waals surface area contributed by atoms with E-state index < -0.39 is 0 Å². The quantitative estimate of drug-likeness (QED) is 0.539. The highest BCUT2D eigenvalue weighted by atomic mass is 32.2. The summed E-state index contributed by atoms with van der Waals surface area (Å²) in [6.45, 7) is 4.51. The number of nitrogens with one attached hydrogen (secondary N) is 1. The van der Waals surface area contributed by atoms with Crippen molar-refractivity contribution in [1.29, 1.82) is 0 Å². The van der Waals surface area contributed by atoms with Gasteiger partial charge in [-0.25, -0.2) is 0 Å². The fourth-order valence-corrected chi connectivity index (χ4v) is 4.84. The van der Waals surface area contributed by atoms with Crippen LogP contribution in [0, 0.1) is 6.92 Å². The number of thioether (sulfide) groups is 1. The number of carbonyl (C=O) groups is 2. The molecule has 1 N–H and O–H groups in total. The first kappa shape index (κ1) is 21.3. The number of nitrogens with zero attached hydrogens (tertiary/aromatic N) is 5. The highest BCUT2D eigenvalue weighted by Crippen LogP contribution is 2.28. The third-order valence-electron chi connectivity index (χ3n) is 4.72. The number of benzene rings is 1. The second-order valence-corrected chi connectivity index (χ2v) is 9.22. The lowest BCUT2D eigenvalue weighted by Gasteiger charge is -2.34. The van der Waals surface area contributed by atoms with Gasteiger partial charge in [0.2, 0.25) is 16.9 Å².